The number of esters is 1. The van der Waals surface area contributed by atoms with E-state index in [1.54, 1.807) is 6.92 Å². The lowest BCUT2D eigenvalue weighted by molar-refractivity contribution is -0.141. The van der Waals surface area contributed by atoms with E-state index in [9.17, 15) is 9.59 Å². The zero-order valence-corrected chi connectivity index (χ0v) is 10.7. The number of rotatable bonds is 5. The van der Waals surface area contributed by atoms with Crippen molar-refractivity contribution in [2.75, 3.05) is 20.3 Å². The lowest BCUT2D eigenvalue weighted by Crippen LogP contribution is -2.36. The SMILES string of the molecule is CCOC(=O)N(CC(=O)OC)Cc1ccsc1. The molecule has 94 valence electrons. The van der Waals surface area contributed by atoms with Gasteiger partial charge in [-0.15, -0.1) is 0 Å². The molecule has 0 spiro atoms. The second kappa shape index (κ2) is 6.90. The number of nitrogens with zero attached hydrogens (tertiary/aromatic N) is 1. The van der Waals surface area contributed by atoms with Gasteiger partial charge in [-0.3, -0.25) is 9.69 Å². The summed E-state index contributed by atoms with van der Waals surface area (Å²) in [6, 6.07) is 1.90. The molecule has 0 aliphatic rings. The molecule has 0 saturated heterocycles. The molecule has 1 amide bonds. The molecule has 0 N–H and O–H groups in total. The third-order valence-electron chi connectivity index (χ3n) is 2.03. The van der Waals surface area contributed by atoms with Crippen LogP contribution in [0.1, 0.15) is 12.5 Å². The molecule has 0 unspecified atom stereocenters. The minimum Gasteiger partial charge on any atom is -0.468 e. The Kier molecular flexibility index (Phi) is 5.48. The Morgan fingerprint density at radius 1 is 1.47 bits per heavy atom. The van der Waals surface area contributed by atoms with E-state index in [0.717, 1.165) is 5.56 Å². The molecule has 0 fully saturated rings. The molecule has 17 heavy (non-hydrogen) atoms. The van der Waals surface area contributed by atoms with Gasteiger partial charge in [0.2, 0.25) is 0 Å². The molecule has 0 atom stereocenters. The Bertz CT molecular complexity index is 364. The van der Waals surface area contributed by atoms with Gasteiger partial charge in [0.25, 0.3) is 0 Å². The summed E-state index contributed by atoms with van der Waals surface area (Å²) in [5.41, 5.74) is 0.965. The summed E-state index contributed by atoms with van der Waals surface area (Å²) in [5, 5.41) is 3.83. The first kappa shape index (κ1) is 13.5. The van der Waals surface area contributed by atoms with Crippen molar-refractivity contribution in [1.29, 1.82) is 0 Å². The Balaban J connectivity index is 2.64. The molecule has 1 aromatic heterocycles. The van der Waals surface area contributed by atoms with Gasteiger partial charge in [0.15, 0.2) is 0 Å². The highest BCUT2D eigenvalue weighted by molar-refractivity contribution is 7.07. The maximum absolute atomic E-state index is 11.6. The van der Waals surface area contributed by atoms with Crippen LogP contribution in [0.2, 0.25) is 0 Å². The first-order chi connectivity index (χ1) is 8.17. The largest absolute Gasteiger partial charge is 0.468 e. The molecule has 0 aliphatic heterocycles. The molecule has 0 bridgehead atoms. The molecule has 6 heteroatoms. The van der Waals surface area contributed by atoms with Gasteiger partial charge in [-0.1, -0.05) is 0 Å². The number of carbonyl (C=O) groups is 2. The number of amides is 1. The van der Waals surface area contributed by atoms with Crippen molar-refractivity contribution < 1.29 is 19.1 Å². The standard InChI is InChI=1S/C11H15NO4S/c1-3-16-11(14)12(7-10(13)15-2)6-9-4-5-17-8-9/h4-5,8H,3,6-7H2,1-2H3. The van der Waals surface area contributed by atoms with Crippen LogP contribution in [0, 0.1) is 0 Å². The van der Waals surface area contributed by atoms with E-state index >= 15 is 0 Å². The Hall–Kier alpha value is -1.56. The summed E-state index contributed by atoms with van der Waals surface area (Å²) >= 11 is 1.54. The zero-order valence-electron chi connectivity index (χ0n) is 9.84. The molecule has 1 rings (SSSR count). The van der Waals surface area contributed by atoms with Gasteiger partial charge in [-0.05, 0) is 29.3 Å². The van der Waals surface area contributed by atoms with Crippen molar-refractivity contribution in [1.82, 2.24) is 4.90 Å². The van der Waals surface area contributed by atoms with Crippen LogP contribution in [0.25, 0.3) is 0 Å². The average Bonchev–Trinajstić information content (AvgIpc) is 2.81. The van der Waals surface area contributed by atoms with Crippen molar-refractivity contribution in [2.45, 2.75) is 13.5 Å². The van der Waals surface area contributed by atoms with Crippen LogP contribution < -0.4 is 0 Å². The Labute approximate surface area is 104 Å². The fourth-order valence-electron chi connectivity index (χ4n) is 1.22. The number of hydrogen-bond donors (Lipinski definition) is 0. The fourth-order valence-corrected chi connectivity index (χ4v) is 1.88. The number of methoxy groups -OCH3 is 1. The molecular weight excluding hydrogens is 242 g/mol. The first-order valence-corrected chi connectivity index (χ1v) is 6.11. The van der Waals surface area contributed by atoms with Crippen LogP contribution in [0.15, 0.2) is 16.8 Å². The van der Waals surface area contributed by atoms with E-state index in [4.69, 9.17) is 4.74 Å². The highest BCUT2D eigenvalue weighted by Crippen LogP contribution is 2.10. The highest BCUT2D eigenvalue weighted by atomic mass is 32.1. The van der Waals surface area contributed by atoms with Crippen LogP contribution >= 0.6 is 11.3 Å². The summed E-state index contributed by atoms with van der Waals surface area (Å²) in [6.07, 6.45) is -0.510. The summed E-state index contributed by atoms with van der Waals surface area (Å²) in [6.45, 7) is 2.24. The van der Waals surface area contributed by atoms with Crippen molar-refractivity contribution in [3.05, 3.63) is 22.4 Å². The van der Waals surface area contributed by atoms with Gasteiger partial charge in [-0.2, -0.15) is 11.3 Å². The lowest BCUT2D eigenvalue weighted by Gasteiger charge is -2.19. The van der Waals surface area contributed by atoms with Gasteiger partial charge in [0.1, 0.15) is 6.54 Å². The number of hydrogen-bond acceptors (Lipinski definition) is 5. The second-order valence-electron chi connectivity index (χ2n) is 3.26. The van der Waals surface area contributed by atoms with E-state index in [2.05, 4.69) is 4.74 Å². The van der Waals surface area contributed by atoms with Crippen molar-refractivity contribution in [2.24, 2.45) is 0 Å². The third kappa shape index (κ3) is 4.44. The second-order valence-corrected chi connectivity index (χ2v) is 4.04. The smallest absolute Gasteiger partial charge is 0.410 e. The molecule has 1 heterocycles. The summed E-state index contributed by atoms with van der Waals surface area (Å²) < 4.78 is 9.42. The molecule has 5 nitrogen and oxygen atoms in total. The predicted molar refractivity (Wildman–Crippen MR) is 63.8 cm³/mol. The molecular formula is C11H15NO4S. The molecule has 0 aliphatic carbocycles. The predicted octanol–water partition coefficient (Wildman–Crippen LogP) is 1.88. The molecule has 0 saturated carbocycles. The minimum atomic E-state index is -0.510. The normalized spacial score (nSPS) is 9.76. The van der Waals surface area contributed by atoms with Crippen molar-refractivity contribution >= 4 is 23.4 Å². The molecule has 1 aromatic rings. The average molecular weight is 257 g/mol. The van der Waals surface area contributed by atoms with Crippen LogP contribution in [-0.2, 0) is 20.8 Å². The third-order valence-corrected chi connectivity index (χ3v) is 2.76. The number of thiophene rings is 1. The Morgan fingerprint density at radius 2 is 2.24 bits per heavy atom. The van der Waals surface area contributed by atoms with Crippen molar-refractivity contribution in [3.63, 3.8) is 0 Å². The van der Waals surface area contributed by atoms with E-state index in [-0.39, 0.29) is 13.2 Å². The quantitative estimate of drug-likeness (QED) is 0.756. The summed E-state index contributed by atoms with van der Waals surface area (Å²) in [5.74, 6) is -0.465. The van der Waals surface area contributed by atoms with E-state index in [0.29, 0.717) is 6.54 Å². The first-order valence-electron chi connectivity index (χ1n) is 5.17. The lowest BCUT2D eigenvalue weighted by atomic mass is 10.3. The number of ether oxygens (including phenoxy) is 2. The zero-order chi connectivity index (χ0) is 12.7. The van der Waals surface area contributed by atoms with Gasteiger partial charge in [0.05, 0.1) is 20.3 Å². The highest BCUT2D eigenvalue weighted by Gasteiger charge is 2.19. The minimum absolute atomic E-state index is 0.106. The molecule has 0 aromatic carbocycles. The van der Waals surface area contributed by atoms with Crippen LogP contribution in [0.5, 0.6) is 0 Å². The maximum atomic E-state index is 11.6. The van der Waals surface area contributed by atoms with E-state index in [1.807, 2.05) is 16.8 Å². The van der Waals surface area contributed by atoms with E-state index < -0.39 is 12.1 Å². The maximum Gasteiger partial charge on any atom is 0.410 e. The monoisotopic (exact) mass is 257 g/mol. The topological polar surface area (TPSA) is 55.8 Å². The number of carbonyl (C=O) groups excluding carboxylic acids is 2. The Morgan fingerprint density at radius 3 is 2.76 bits per heavy atom. The van der Waals surface area contributed by atoms with Gasteiger partial charge >= 0.3 is 12.1 Å². The van der Waals surface area contributed by atoms with Gasteiger partial charge < -0.3 is 9.47 Å². The van der Waals surface area contributed by atoms with Crippen molar-refractivity contribution in [3.8, 4) is 0 Å². The van der Waals surface area contributed by atoms with Crippen LogP contribution in [-0.4, -0.2) is 37.2 Å². The van der Waals surface area contributed by atoms with Gasteiger partial charge in [-0.25, -0.2) is 4.79 Å². The van der Waals surface area contributed by atoms with E-state index in [1.165, 1.54) is 23.3 Å². The van der Waals surface area contributed by atoms with Gasteiger partial charge in [0, 0.05) is 0 Å². The van der Waals surface area contributed by atoms with Crippen LogP contribution in [0.3, 0.4) is 0 Å². The molecule has 0 radical (unpaired) electrons. The summed E-state index contributed by atoms with van der Waals surface area (Å²) in [7, 11) is 1.29. The van der Waals surface area contributed by atoms with Crippen LogP contribution in [0.4, 0.5) is 4.79 Å². The summed E-state index contributed by atoms with van der Waals surface area (Å²) in [4.78, 5) is 24.1. The fraction of sp³-hybridized carbons (Fsp3) is 0.455.